The second-order valence-electron chi connectivity index (χ2n) is 4.63. The molecule has 0 saturated carbocycles. The number of nitrogens with one attached hydrogen (secondary N) is 1. The number of nitrogens with zero attached hydrogens (tertiary/aromatic N) is 4. The summed E-state index contributed by atoms with van der Waals surface area (Å²) < 4.78 is 0. The van der Waals surface area contributed by atoms with Gasteiger partial charge in [0.1, 0.15) is 12.1 Å². The summed E-state index contributed by atoms with van der Waals surface area (Å²) in [6.45, 7) is 2.79. The molecule has 2 heterocycles. The summed E-state index contributed by atoms with van der Waals surface area (Å²) >= 11 is 0. The van der Waals surface area contributed by atoms with E-state index in [9.17, 15) is 9.90 Å². The number of piperazine rings is 1. The average molecular weight is 273 g/mol. The molecule has 0 spiro atoms. The third-order valence-electron chi connectivity index (χ3n) is 3.40. The lowest BCUT2D eigenvalue weighted by molar-refractivity contribution is 0.0735. The Morgan fingerprint density at radius 1 is 1.15 bits per heavy atom. The average Bonchev–Trinajstić information content (AvgIpc) is 3.02. The number of hydrogen-bond donors (Lipinski definition) is 2. The van der Waals surface area contributed by atoms with Crippen LogP contribution in [0.3, 0.4) is 0 Å². The summed E-state index contributed by atoms with van der Waals surface area (Å²) in [4.78, 5) is 19.9. The molecule has 0 unspecified atom stereocenters. The number of H-pyrrole nitrogens is 1. The normalized spacial score (nSPS) is 15.4. The number of anilines is 1. The minimum atomic E-state index is -0.118. The van der Waals surface area contributed by atoms with Crippen LogP contribution in [0.1, 0.15) is 10.6 Å². The van der Waals surface area contributed by atoms with Crippen molar-refractivity contribution in [1.82, 2.24) is 20.1 Å². The number of carbonyl (C=O) groups is 1. The van der Waals surface area contributed by atoms with Crippen molar-refractivity contribution in [2.45, 2.75) is 0 Å². The maximum Gasteiger partial charge on any atom is 0.291 e. The monoisotopic (exact) mass is 273 g/mol. The second kappa shape index (κ2) is 5.20. The van der Waals surface area contributed by atoms with Gasteiger partial charge in [-0.2, -0.15) is 5.10 Å². The molecule has 0 radical (unpaired) electrons. The van der Waals surface area contributed by atoms with Crippen LogP contribution in [0.25, 0.3) is 0 Å². The molecule has 1 aliphatic rings. The standard InChI is InChI=1S/C13H15N5O2/c19-11-3-1-10(2-4-11)17-5-7-18(8-6-17)13(20)12-14-9-15-16-12/h1-4,9,19H,5-8H2,(H,14,15,16). The smallest absolute Gasteiger partial charge is 0.291 e. The van der Waals surface area contributed by atoms with Gasteiger partial charge in [0, 0.05) is 31.9 Å². The third kappa shape index (κ3) is 2.42. The van der Waals surface area contributed by atoms with E-state index >= 15 is 0 Å². The Kier molecular flexibility index (Phi) is 3.24. The molecule has 0 bridgehead atoms. The van der Waals surface area contributed by atoms with Crippen LogP contribution in [-0.4, -0.2) is 57.3 Å². The van der Waals surface area contributed by atoms with Gasteiger partial charge in [0.25, 0.3) is 5.91 Å². The zero-order valence-electron chi connectivity index (χ0n) is 10.9. The van der Waals surface area contributed by atoms with E-state index in [1.165, 1.54) is 6.33 Å². The second-order valence-corrected chi connectivity index (χ2v) is 4.63. The highest BCUT2D eigenvalue weighted by molar-refractivity contribution is 5.90. The molecular weight excluding hydrogens is 258 g/mol. The first-order valence-electron chi connectivity index (χ1n) is 6.42. The molecule has 1 fully saturated rings. The van der Waals surface area contributed by atoms with Crippen LogP contribution in [-0.2, 0) is 0 Å². The molecule has 0 aliphatic carbocycles. The molecule has 1 saturated heterocycles. The largest absolute Gasteiger partial charge is 0.508 e. The molecular formula is C13H15N5O2. The van der Waals surface area contributed by atoms with Crippen molar-refractivity contribution >= 4 is 11.6 Å². The Morgan fingerprint density at radius 2 is 1.85 bits per heavy atom. The Labute approximate surface area is 115 Å². The van der Waals surface area contributed by atoms with Crippen LogP contribution in [0.2, 0.25) is 0 Å². The van der Waals surface area contributed by atoms with Crippen LogP contribution < -0.4 is 4.90 Å². The van der Waals surface area contributed by atoms with Crippen LogP contribution >= 0.6 is 0 Å². The van der Waals surface area contributed by atoms with Crippen molar-refractivity contribution in [3.05, 3.63) is 36.4 Å². The van der Waals surface area contributed by atoms with Gasteiger partial charge in [-0.05, 0) is 24.3 Å². The maximum atomic E-state index is 12.1. The quantitative estimate of drug-likeness (QED) is 0.831. The molecule has 7 heteroatoms. The van der Waals surface area contributed by atoms with Crippen LogP contribution in [0, 0.1) is 0 Å². The SMILES string of the molecule is O=C(c1ncn[nH]1)N1CCN(c2ccc(O)cc2)CC1. The molecule has 0 atom stereocenters. The number of rotatable bonds is 2. The van der Waals surface area contributed by atoms with Crippen molar-refractivity contribution in [1.29, 1.82) is 0 Å². The van der Waals surface area contributed by atoms with Gasteiger partial charge < -0.3 is 14.9 Å². The van der Waals surface area contributed by atoms with E-state index in [0.717, 1.165) is 18.8 Å². The minimum Gasteiger partial charge on any atom is -0.508 e. The Balaban J connectivity index is 1.62. The zero-order chi connectivity index (χ0) is 13.9. The highest BCUT2D eigenvalue weighted by Gasteiger charge is 2.23. The van der Waals surface area contributed by atoms with E-state index in [1.54, 1.807) is 17.0 Å². The summed E-state index contributed by atoms with van der Waals surface area (Å²) in [6.07, 6.45) is 1.33. The number of phenols is 1. The van der Waals surface area contributed by atoms with Crippen LogP contribution in [0.4, 0.5) is 5.69 Å². The van der Waals surface area contributed by atoms with Gasteiger partial charge in [-0.1, -0.05) is 0 Å². The summed E-state index contributed by atoms with van der Waals surface area (Å²) in [5.41, 5.74) is 1.05. The summed E-state index contributed by atoms with van der Waals surface area (Å²) in [7, 11) is 0. The Hall–Kier alpha value is -2.57. The van der Waals surface area contributed by atoms with Gasteiger partial charge in [0.05, 0.1) is 0 Å². The lowest BCUT2D eigenvalue weighted by Crippen LogP contribution is -2.49. The minimum absolute atomic E-state index is 0.118. The Morgan fingerprint density at radius 3 is 2.45 bits per heavy atom. The number of phenolic OH excluding ortho intramolecular Hbond substituents is 1. The molecule has 104 valence electrons. The van der Waals surface area contributed by atoms with Crippen molar-refractivity contribution in [2.75, 3.05) is 31.1 Å². The molecule has 2 aromatic rings. The highest BCUT2D eigenvalue weighted by Crippen LogP contribution is 2.20. The van der Waals surface area contributed by atoms with Gasteiger partial charge >= 0.3 is 0 Å². The molecule has 1 amide bonds. The predicted octanol–water partition coefficient (Wildman–Crippen LogP) is 0.473. The number of amides is 1. The number of aromatic amines is 1. The van der Waals surface area contributed by atoms with Gasteiger partial charge in [0.2, 0.25) is 5.82 Å². The number of aromatic nitrogens is 3. The highest BCUT2D eigenvalue weighted by atomic mass is 16.3. The summed E-state index contributed by atoms with van der Waals surface area (Å²) in [5.74, 6) is 0.420. The molecule has 1 aromatic carbocycles. The molecule has 1 aromatic heterocycles. The maximum absolute atomic E-state index is 12.1. The van der Waals surface area contributed by atoms with E-state index in [2.05, 4.69) is 20.1 Å². The van der Waals surface area contributed by atoms with Gasteiger partial charge in [0.15, 0.2) is 0 Å². The summed E-state index contributed by atoms with van der Waals surface area (Å²) in [5, 5.41) is 15.6. The van der Waals surface area contributed by atoms with Crippen LogP contribution in [0.15, 0.2) is 30.6 Å². The first-order chi connectivity index (χ1) is 9.74. The number of hydrogen-bond acceptors (Lipinski definition) is 5. The fourth-order valence-corrected chi connectivity index (χ4v) is 2.29. The first kappa shape index (κ1) is 12.5. The topological polar surface area (TPSA) is 85.4 Å². The fourth-order valence-electron chi connectivity index (χ4n) is 2.29. The molecule has 7 nitrogen and oxygen atoms in total. The molecule has 2 N–H and O–H groups in total. The number of carbonyl (C=O) groups excluding carboxylic acids is 1. The third-order valence-corrected chi connectivity index (χ3v) is 3.40. The molecule has 3 rings (SSSR count). The van der Waals surface area contributed by atoms with Crippen molar-refractivity contribution in [3.8, 4) is 5.75 Å². The lowest BCUT2D eigenvalue weighted by atomic mass is 10.2. The lowest BCUT2D eigenvalue weighted by Gasteiger charge is -2.35. The van der Waals surface area contributed by atoms with Crippen molar-refractivity contribution in [2.24, 2.45) is 0 Å². The van der Waals surface area contributed by atoms with E-state index in [-0.39, 0.29) is 17.5 Å². The van der Waals surface area contributed by atoms with E-state index in [4.69, 9.17) is 0 Å². The Bertz CT molecular complexity index is 573. The summed E-state index contributed by atoms with van der Waals surface area (Å²) in [6, 6.07) is 7.09. The van der Waals surface area contributed by atoms with Crippen LogP contribution in [0.5, 0.6) is 5.75 Å². The number of benzene rings is 1. The van der Waals surface area contributed by atoms with Gasteiger partial charge in [-0.3, -0.25) is 9.89 Å². The predicted molar refractivity (Wildman–Crippen MR) is 72.6 cm³/mol. The molecule has 20 heavy (non-hydrogen) atoms. The van der Waals surface area contributed by atoms with E-state index < -0.39 is 0 Å². The van der Waals surface area contributed by atoms with E-state index in [0.29, 0.717) is 13.1 Å². The van der Waals surface area contributed by atoms with Crippen molar-refractivity contribution in [3.63, 3.8) is 0 Å². The van der Waals surface area contributed by atoms with Gasteiger partial charge in [-0.25, -0.2) is 4.98 Å². The van der Waals surface area contributed by atoms with Gasteiger partial charge in [-0.15, -0.1) is 0 Å². The van der Waals surface area contributed by atoms with Crippen molar-refractivity contribution < 1.29 is 9.90 Å². The van der Waals surface area contributed by atoms with E-state index in [1.807, 2.05) is 12.1 Å². The first-order valence-corrected chi connectivity index (χ1v) is 6.42. The fraction of sp³-hybridized carbons (Fsp3) is 0.308. The molecule has 1 aliphatic heterocycles. The number of aromatic hydroxyl groups is 1. The zero-order valence-corrected chi connectivity index (χ0v) is 10.9.